The summed E-state index contributed by atoms with van der Waals surface area (Å²) < 4.78 is 28.6. The van der Waals surface area contributed by atoms with Gasteiger partial charge in [0, 0.05) is 24.4 Å². The third kappa shape index (κ3) is 3.72. The van der Waals surface area contributed by atoms with Crippen LogP contribution in [0.1, 0.15) is 0 Å². The summed E-state index contributed by atoms with van der Waals surface area (Å²) in [7, 11) is -2.21. The van der Waals surface area contributed by atoms with Gasteiger partial charge in [-0.25, -0.2) is 13.1 Å². The molecular formula is C17H14ClN3O3S. The van der Waals surface area contributed by atoms with E-state index in [1.54, 1.807) is 49.5 Å². The Morgan fingerprint density at radius 1 is 1.00 bits per heavy atom. The van der Waals surface area contributed by atoms with E-state index in [-0.39, 0.29) is 15.5 Å². The SMILES string of the molecule is Cn1nc(-c2ccc(NS(=O)(=O)c3ccccc3Cl)cc2)ccc1=O. The van der Waals surface area contributed by atoms with Crippen molar-refractivity contribution in [2.24, 2.45) is 7.05 Å². The molecule has 0 amide bonds. The summed E-state index contributed by atoms with van der Waals surface area (Å²) in [5, 5.41) is 4.31. The van der Waals surface area contributed by atoms with Gasteiger partial charge >= 0.3 is 0 Å². The number of anilines is 1. The highest BCUT2D eigenvalue weighted by molar-refractivity contribution is 7.92. The van der Waals surface area contributed by atoms with Crippen molar-refractivity contribution in [3.8, 4) is 11.3 Å². The van der Waals surface area contributed by atoms with Crippen LogP contribution in [0.4, 0.5) is 5.69 Å². The number of aryl methyl sites for hydroxylation is 1. The second-order valence-corrected chi connectivity index (χ2v) is 7.35. The number of hydrogen-bond donors (Lipinski definition) is 1. The summed E-state index contributed by atoms with van der Waals surface area (Å²) in [6.45, 7) is 0. The standard InChI is InChI=1S/C17H14ClN3O3S/c1-21-17(22)11-10-15(19-21)12-6-8-13(9-7-12)20-25(23,24)16-5-3-2-4-14(16)18/h2-11,20H,1H3. The Bertz CT molecular complexity index is 1080. The minimum absolute atomic E-state index is 0.0143. The Morgan fingerprint density at radius 2 is 1.68 bits per heavy atom. The van der Waals surface area contributed by atoms with Crippen LogP contribution in [0, 0.1) is 0 Å². The molecule has 6 nitrogen and oxygen atoms in total. The molecule has 0 bridgehead atoms. The van der Waals surface area contributed by atoms with E-state index in [2.05, 4.69) is 9.82 Å². The van der Waals surface area contributed by atoms with Crippen molar-refractivity contribution < 1.29 is 8.42 Å². The molecule has 0 aliphatic carbocycles. The molecule has 3 aromatic rings. The van der Waals surface area contributed by atoms with Crippen molar-refractivity contribution in [1.82, 2.24) is 9.78 Å². The number of benzene rings is 2. The maximum Gasteiger partial charge on any atom is 0.266 e. The van der Waals surface area contributed by atoms with Crippen LogP contribution in [0.15, 0.2) is 70.4 Å². The second kappa shape index (κ2) is 6.70. The number of nitrogens with one attached hydrogen (secondary N) is 1. The average molecular weight is 376 g/mol. The van der Waals surface area contributed by atoms with E-state index in [0.29, 0.717) is 11.4 Å². The monoisotopic (exact) mass is 375 g/mol. The lowest BCUT2D eigenvalue weighted by atomic mass is 10.1. The van der Waals surface area contributed by atoms with E-state index in [9.17, 15) is 13.2 Å². The number of sulfonamides is 1. The van der Waals surface area contributed by atoms with Crippen molar-refractivity contribution in [2.45, 2.75) is 4.90 Å². The molecule has 0 atom stereocenters. The highest BCUT2D eigenvalue weighted by Crippen LogP contribution is 2.24. The molecule has 8 heteroatoms. The van der Waals surface area contributed by atoms with E-state index in [4.69, 9.17) is 11.6 Å². The zero-order valence-electron chi connectivity index (χ0n) is 13.2. The van der Waals surface area contributed by atoms with E-state index < -0.39 is 10.0 Å². The van der Waals surface area contributed by atoms with Crippen LogP contribution in [0.25, 0.3) is 11.3 Å². The minimum Gasteiger partial charge on any atom is -0.280 e. The molecule has 0 saturated heterocycles. The molecular weight excluding hydrogens is 362 g/mol. The third-order valence-electron chi connectivity index (χ3n) is 3.52. The maximum absolute atomic E-state index is 12.4. The first-order chi connectivity index (χ1) is 11.9. The van der Waals surface area contributed by atoms with Gasteiger partial charge in [0.15, 0.2) is 0 Å². The van der Waals surface area contributed by atoms with Crippen LogP contribution in [-0.4, -0.2) is 18.2 Å². The normalized spacial score (nSPS) is 11.3. The Balaban J connectivity index is 1.87. The molecule has 1 heterocycles. The number of hydrogen-bond acceptors (Lipinski definition) is 4. The van der Waals surface area contributed by atoms with Crippen molar-refractivity contribution in [1.29, 1.82) is 0 Å². The van der Waals surface area contributed by atoms with Gasteiger partial charge in [-0.1, -0.05) is 35.9 Å². The minimum atomic E-state index is -3.78. The maximum atomic E-state index is 12.4. The molecule has 0 aliphatic heterocycles. The van der Waals surface area contributed by atoms with Crippen LogP contribution in [0.5, 0.6) is 0 Å². The van der Waals surface area contributed by atoms with Crippen molar-refractivity contribution >= 4 is 27.3 Å². The van der Waals surface area contributed by atoms with Crippen molar-refractivity contribution in [2.75, 3.05) is 4.72 Å². The zero-order valence-corrected chi connectivity index (χ0v) is 14.8. The number of halogens is 1. The quantitative estimate of drug-likeness (QED) is 0.760. The van der Waals surface area contributed by atoms with Gasteiger partial charge in [-0.2, -0.15) is 5.10 Å². The lowest BCUT2D eigenvalue weighted by Gasteiger charge is -2.10. The molecule has 128 valence electrons. The highest BCUT2D eigenvalue weighted by Gasteiger charge is 2.17. The molecule has 0 aliphatic rings. The largest absolute Gasteiger partial charge is 0.280 e. The highest BCUT2D eigenvalue weighted by atomic mass is 35.5. The molecule has 0 unspecified atom stereocenters. The summed E-state index contributed by atoms with van der Waals surface area (Å²) >= 11 is 5.95. The first-order valence-electron chi connectivity index (χ1n) is 7.29. The summed E-state index contributed by atoms with van der Waals surface area (Å²) in [4.78, 5) is 11.4. The topological polar surface area (TPSA) is 81.1 Å². The lowest BCUT2D eigenvalue weighted by Crippen LogP contribution is -2.18. The number of rotatable bonds is 4. The van der Waals surface area contributed by atoms with Gasteiger partial charge in [0.05, 0.1) is 10.7 Å². The molecule has 0 spiro atoms. The summed E-state index contributed by atoms with van der Waals surface area (Å²) in [6.07, 6.45) is 0. The predicted octanol–water partition coefficient (Wildman–Crippen LogP) is 2.90. The van der Waals surface area contributed by atoms with Crippen molar-refractivity contribution in [3.63, 3.8) is 0 Å². The summed E-state index contributed by atoms with van der Waals surface area (Å²) in [5.41, 5.74) is 1.57. The van der Waals surface area contributed by atoms with Gasteiger partial charge in [-0.05, 0) is 30.3 Å². The van der Waals surface area contributed by atoms with Crippen molar-refractivity contribution in [3.05, 3.63) is 76.0 Å². The van der Waals surface area contributed by atoms with Gasteiger partial charge in [-0.15, -0.1) is 0 Å². The Labute approximate surface area is 149 Å². The van der Waals surface area contributed by atoms with Gasteiger partial charge in [0.25, 0.3) is 15.6 Å². The van der Waals surface area contributed by atoms with Gasteiger partial charge in [0.2, 0.25) is 0 Å². The number of aromatic nitrogens is 2. The van der Waals surface area contributed by atoms with Crippen LogP contribution in [0.3, 0.4) is 0 Å². The molecule has 0 saturated carbocycles. The van der Waals surface area contributed by atoms with Crippen LogP contribution >= 0.6 is 11.6 Å². The Kier molecular flexibility index (Phi) is 4.61. The fourth-order valence-electron chi connectivity index (χ4n) is 2.24. The van der Waals surface area contributed by atoms with E-state index in [1.807, 2.05) is 0 Å². The lowest BCUT2D eigenvalue weighted by molar-refractivity contribution is 0.601. The van der Waals surface area contributed by atoms with Gasteiger partial charge < -0.3 is 0 Å². The molecule has 25 heavy (non-hydrogen) atoms. The fourth-order valence-corrected chi connectivity index (χ4v) is 3.82. The molecule has 2 aromatic carbocycles. The summed E-state index contributed by atoms with van der Waals surface area (Å²) in [5.74, 6) is 0. The third-order valence-corrected chi connectivity index (χ3v) is 5.40. The first-order valence-corrected chi connectivity index (χ1v) is 9.15. The molecule has 0 fully saturated rings. The van der Waals surface area contributed by atoms with E-state index in [1.165, 1.54) is 22.9 Å². The molecule has 1 aromatic heterocycles. The first kappa shape index (κ1) is 17.2. The van der Waals surface area contributed by atoms with Gasteiger partial charge in [0.1, 0.15) is 4.90 Å². The van der Waals surface area contributed by atoms with Gasteiger partial charge in [-0.3, -0.25) is 9.52 Å². The van der Waals surface area contributed by atoms with E-state index in [0.717, 1.165) is 5.56 Å². The Hall–Kier alpha value is -2.64. The Morgan fingerprint density at radius 3 is 2.32 bits per heavy atom. The second-order valence-electron chi connectivity index (χ2n) is 5.29. The molecule has 1 N–H and O–H groups in total. The predicted molar refractivity (Wildman–Crippen MR) is 97.2 cm³/mol. The van der Waals surface area contributed by atoms with Crippen LogP contribution < -0.4 is 10.3 Å². The van der Waals surface area contributed by atoms with E-state index >= 15 is 0 Å². The molecule has 3 rings (SSSR count). The van der Waals surface area contributed by atoms with Crippen LogP contribution in [0.2, 0.25) is 5.02 Å². The average Bonchev–Trinajstić information content (AvgIpc) is 2.58. The molecule has 0 radical (unpaired) electrons. The van der Waals surface area contributed by atoms with Crippen LogP contribution in [-0.2, 0) is 17.1 Å². The number of nitrogens with zero attached hydrogens (tertiary/aromatic N) is 2. The zero-order chi connectivity index (χ0) is 18.0. The smallest absolute Gasteiger partial charge is 0.266 e. The fraction of sp³-hybridized carbons (Fsp3) is 0.0588. The summed E-state index contributed by atoms with van der Waals surface area (Å²) in [6, 6.07) is 16.0.